The van der Waals surface area contributed by atoms with Gasteiger partial charge in [0.05, 0.1) is 26.2 Å². The van der Waals surface area contributed by atoms with Crippen LogP contribution in [0.15, 0.2) is 18.2 Å². The third kappa shape index (κ3) is 3.75. The van der Waals surface area contributed by atoms with Gasteiger partial charge in [-0.2, -0.15) is 0 Å². The van der Waals surface area contributed by atoms with Crippen molar-refractivity contribution in [2.24, 2.45) is 5.84 Å². The number of nitrogens with one attached hydrogen (secondary N) is 1. The van der Waals surface area contributed by atoms with Crippen LogP contribution in [0, 0.1) is 0 Å². The smallest absolute Gasteiger partial charge is 0.254 e. The monoisotopic (exact) mass is 303 g/mol. The molecule has 0 radical (unpaired) electrons. The molecule has 0 aliphatic carbocycles. The van der Waals surface area contributed by atoms with Crippen LogP contribution in [-0.2, 0) is 14.8 Å². The maximum absolute atomic E-state index is 11.8. The lowest BCUT2D eigenvalue weighted by molar-refractivity contribution is -0.119. The van der Waals surface area contributed by atoms with Crippen LogP contribution in [0.4, 0.5) is 5.69 Å². The Balaban J connectivity index is 3.30. The molecule has 0 spiro atoms. The number of anilines is 1. The van der Waals surface area contributed by atoms with E-state index in [1.807, 2.05) is 5.43 Å². The van der Waals surface area contributed by atoms with Crippen molar-refractivity contribution in [1.82, 2.24) is 5.43 Å². The number of nitrogens with zero attached hydrogens (tertiary/aromatic N) is 1. The third-order valence-corrected chi connectivity index (χ3v) is 3.63. The largest absolute Gasteiger partial charge is 0.497 e. The molecule has 0 saturated heterocycles. The van der Waals surface area contributed by atoms with Crippen LogP contribution in [0.2, 0.25) is 0 Å². The molecule has 20 heavy (non-hydrogen) atoms. The fraction of sp³-hybridized carbons (Fsp3) is 0.364. The first-order chi connectivity index (χ1) is 9.33. The number of benzene rings is 1. The summed E-state index contributed by atoms with van der Waals surface area (Å²) in [6.45, 7) is -0.446. The van der Waals surface area contributed by atoms with Gasteiger partial charge in [-0.25, -0.2) is 14.3 Å². The van der Waals surface area contributed by atoms with Gasteiger partial charge in [0.25, 0.3) is 5.91 Å². The van der Waals surface area contributed by atoms with Gasteiger partial charge in [0.15, 0.2) is 0 Å². The highest BCUT2D eigenvalue weighted by Gasteiger charge is 2.23. The van der Waals surface area contributed by atoms with Crippen LogP contribution >= 0.6 is 0 Å². The Morgan fingerprint density at radius 3 is 2.45 bits per heavy atom. The molecule has 1 amide bonds. The molecule has 0 aliphatic heterocycles. The molecular weight excluding hydrogens is 286 g/mol. The number of hydrogen-bond donors (Lipinski definition) is 2. The van der Waals surface area contributed by atoms with E-state index in [2.05, 4.69) is 0 Å². The molecule has 0 atom stereocenters. The van der Waals surface area contributed by atoms with Gasteiger partial charge in [-0.05, 0) is 12.1 Å². The Morgan fingerprint density at radius 2 is 2.00 bits per heavy atom. The molecule has 1 rings (SSSR count). The van der Waals surface area contributed by atoms with E-state index >= 15 is 0 Å². The number of rotatable bonds is 6. The summed E-state index contributed by atoms with van der Waals surface area (Å²) in [5.74, 6) is 5.11. The number of methoxy groups -OCH3 is 2. The Kier molecular flexibility index (Phi) is 5.17. The summed E-state index contributed by atoms with van der Waals surface area (Å²) in [5, 5.41) is 0. The number of sulfonamides is 1. The van der Waals surface area contributed by atoms with Crippen molar-refractivity contribution in [1.29, 1.82) is 0 Å². The van der Waals surface area contributed by atoms with Gasteiger partial charge in [-0.1, -0.05) is 0 Å². The van der Waals surface area contributed by atoms with Crippen LogP contribution in [0.1, 0.15) is 0 Å². The molecule has 0 fully saturated rings. The van der Waals surface area contributed by atoms with Gasteiger partial charge in [0, 0.05) is 6.07 Å². The van der Waals surface area contributed by atoms with Crippen LogP contribution in [0.5, 0.6) is 11.5 Å². The highest BCUT2D eigenvalue weighted by atomic mass is 32.2. The van der Waals surface area contributed by atoms with Crippen LogP contribution in [-0.4, -0.2) is 41.3 Å². The number of hydrazine groups is 1. The quantitative estimate of drug-likeness (QED) is 0.415. The van der Waals surface area contributed by atoms with Crippen molar-refractivity contribution in [2.75, 3.05) is 31.3 Å². The standard InChI is InChI=1S/C11H17N3O5S/c1-18-8-4-5-9(10(6-8)19-2)14(20(3,16)17)7-11(15)13-12/h4-6H,7,12H2,1-3H3,(H,13,15). The molecule has 8 nitrogen and oxygen atoms in total. The van der Waals surface area contributed by atoms with Gasteiger partial charge in [-0.15, -0.1) is 0 Å². The second-order valence-corrected chi connectivity index (χ2v) is 5.78. The minimum Gasteiger partial charge on any atom is -0.497 e. The number of hydrogen-bond acceptors (Lipinski definition) is 6. The van der Waals surface area contributed by atoms with E-state index in [1.165, 1.54) is 26.4 Å². The highest BCUT2D eigenvalue weighted by Crippen LogP contribution is 2.33. The third-order valence-electron chi connectivity index (χ3n) is 2.50. The van der Waals surface area contributed by atoms with Crippen molar-refractivity contribution in [3.63, 3.8) is 0 Å². The van der Waals surface area contributed by atoms with E-state index in [1.54, 1.807) is 6.07 Å². The molecular formula is C11H17N3O5S. The molecule has 0 unspecified atom stereocenters. The highest BCUT2D eigenvalue weighted by molar-refractivity contribution is 7.92. The topological polar surface area (TPSA) is 111 Å². The predicted octanol–water partition coefficient (Wildman–Crippen LogP) is -0.540. The van der Waals surface area contributed by atoms with Crippen molar-refractivity contribution >= 4 is 21.6 Å². The normalized spacial score (nSPS) is 10.8. The van der Waals surface area contributed by atoms with E-state index in [-0.39, 0.29) is 11.4 Å². The van der Waals surface area contributed by atoms with Gasteiger partial charge >= 0.3 is 0 Å². The van der Waals surface area contributed by atoms with Gasteiger partial charge in [0.1, 0.15) is 18.0 Å². The second kappa shape index (κ2) is 6.44. The molecule has 1 aromatic rings. The van der Waals surface area contributed by atoms with E-state index in [4.69, 9.17) is 15.3 Å². The second-order valence-electron chi connectivity index (χ2n) is 3.87. The summed E-state index contributed by atoms with van der Waals surface area (Å²) in [7, 11) is -0.812. The maximum atomic E-state index is 11.8. The molecule has 9 heteroatoms. The number of carbonyl (C=O) groups excluding carboxylic acids is 1. The van der Waals surface area contributed by atoms with Gasteiger partial charge < -0.3 is 9.47 Å². The lowest BCUT2D eigenvalue weighted by atomic mass is 10.2. The first-order valence-corrected chi connectivity index (χ1v) is 7.37. The average molecular weight is 303 g/mol. The van der Waals surface area contributed by atoms with Crippen LogP contribution < -0.4 is 25.0 Å². The Hall–Kier alpha value is -2.00. The predicted molar refractivity (Wildman–Crippen MR) is 74.1 cm³/mol. The molecule has 0 aliphatic rings. The van der Waals surface area contributed by atoms with Gasteiger partial charge in [-0.3, -0.25) is 14.5 Å². The zero-order valence-corrected chi connectivity index (χ0v) is 12.2. The average Bonchev–Trinajstić information content (AvgIpc) is 2.42. The minimum absolute atomic E-state index is 0.222. The molecule has 112 valence electrons. The van der Waals surface area contributed by atoms with Crippen molar-refractivity contribution in [3.05, 3.63) is 18.2 Å². The first kappa shape index (κ1) is 16.1. The zero-order valence-electron chi connectivity index (χ0n) is 11.4. The molecule has 0 bridgehead atoms. The van der Waals surface area contributed by atoms with Crippen molar-refractivity contribution in [2.45, 2.75) is 0 Å². The number of nitrogens with two attached hydrogens (primary N) is 1. The fourth-order valence-electron chi connectivity index (χ4n) is 1.55. The molecule has 0 saturated carbocycles. The van der Waals surface area contributed by atoms with E-state index in [9.17, 15) is 13.2 Å². The molecule has 0 heterocycles. The van der Waals surface area contributed by atoms with E-state index in [0.717, 1.165) is 10.6 Å². The lowest BCUT2D eigenvalue weighted by Crippen LogP contribution is -2.42. The summed E-state index contributed by atoms with van der Waals surface area (Å²) in [5.41, 5.74) is 2.11. The van der Waals surface area contributed by atoms with E-state index < -0.39 is 22.5 Å². The van der Waals surface area contributed by atoms with Crippen LogP contribution in [0.25, 0.3) is 0 Å². The summed E-state index contributed by atoms with van der Waals surface area (Å²) in [4.78, 5) is 11.4. The summed E-state index contributed by atoms with van der Waals surface area (Å²) < 4.78 is 34.7. The summed E-state index contributed by atoms with van der Waals surface area (Å²) in [6, 6.07) is 4.58. The number of carbonyl (C=O) groups is 1. The van der Waals surface area contributed by atoms with Crippen LogP contribution in [0.3, 0.4) is 0 Å². The maximum Gasteiger partial charge on any atom is 0.254 e. The van der Waals surface area contributed by atoms with E-state index in [0.29, 0.717) is 5.75 Å². The minimum atomic E-state index is -3.68. The molecule has 3 N–H and O–H groups in total. The zero-order chi connectivity index (χ0) is 15.3. The number of ether oxygens (including phenoxy) is 2. The van der Waals surface area contributed by atoms with Gasteiger partial charge in [0.2, 0.25) is 10.0 Å². The summed E-state index contributed by atoms with van der Waals surface area (Å²) in [6.07, 6.45) is 0.987. The molecule has 0 aromatic heterocycles. The Labute approximate surface area is 117 Å². The number of amides is 1. The van der Waals surface area contributed by atoms with Crippen molar-refractivity contribution in [3.8, 4) is 11.5 Å². The summed E-state index contributed by atoms with van der Waals surface area (Å²) >= 11 is 0. The molecule has 1 aromatic carbocycles. The SMILES string of the molecule is COc1ccc(N(CC(=O)NN)S(C)(=O)=O)c(OC)c1. The Bertz CT molecular complexity index is 588. The fourth-order valence-corrected chi connectivity index (χ4v) is 2.41. The first-order valence-electron chi connectivity index (χ1n) is 5.52. The Morgan fingerprint density at radius 1 is 1.35 bits per heavy atom. The lowest BCUT2D eigenvalue weighted by Gasteiger charge is -2.23. The van der Waals surface area contributed by atoms with Crippen molar-refractivity contribution < 1.29 is 22.7 Å².